The van der Waals surface area contributed by atoms with Crippen LogP contribution >= 0.6 is 0 Å². The van der Waals surface area contributed by atoms with Crippen LogP contribution in [0.5, 0.6) is 0 Å². The summed E-state index contributed by atoms with van der Waals surface area (Å²) >= 11 is 0. The van der Waals surface area contributed by atoms with E-state index >= 15 is 9.59 Å². The minimum atomic E-state index is -2.55. The van der Waals surface area contributed by atoms with Crippen LogP contribution in [-0.4, -0.2) is 278 Å². The summed E-state index contributed by atoms with van der Waals surface area (Å²) < 4.78 is 79.1. The number of methoxy groups -OCH3 is 6. The smallest absolute Gasteiger partial charge is 0.408 e. The van der Waals surface area contributed by atoms with Gasteiger partial charge in [-0.15, -0.1) is 0 Å². The van der Waals surface area contributed by atoms with Crippen LogP contribution in [0.15, 0.2) is 102 Å². The third-order valence-corrected chi connectivity index (χ3v) is 32.7. The molecule has 33 nitrogen and oxygen atoms in total. The number of fused-ring (bicyclic) bond motifs is 6. The van der Waals surface area contributed by atoms with Crippen LogP contribution in [0.3, 0.4) is 0 Å². The van der Waals surface area contributed by atoms with E-state index in [0.29, 0.717) is 108 Å². The van der Waals surface area contributed by atoms with Crippen molar-refractivity contribution < 1.29 is 144 Å². The maximum absolute atomic E-state index is 15.1. The SMILES string of the molecule is CO[C@H]1C[C@@H]2CC[C@@H](C)[C@@](O)(O2)C(=O)C(=O)N2CCCC[C@H]2C(=O)O[C@H]([C@H](C)C[C@@H]2CC[C@@H](OC(=O)CCC(NC(=O)OCc3ccccc3)C(=O)O[C@@H]3CC[C@@H](C[C@@H](C)[C@@H]4CC(=O)[C@H](C)CC(C)[C@@H](O)[C@@H](OC)C(=O)[C@H](C)C[C@H](C)\C=C/C=C/C=C(\C)[C@@H](OC)C[C@@H]5CC[C@@H](C)[C@@](O)(O5)C(=O)C(=O)N5CCCC[C@H]5C(=O)O4)C[C@H]3OC)[C@H](OC)C2)CC(=O)[C@H](C)CC(C)[C@@H](O)[C@@H](OC)C(=O)[C@H](C)C[C@H](C)\C=C/C=C\C=C/1C. The monoisotopic (exact) mass is 2080 g/mol. The molecule has 0 aromatic heterocycles. The molecule has 9 rings (SSSR count). The van der Waals surface area contributed by atoms with E-state index in [2.05, 4.69) is 5.32 Å². The van der Waals surface area contributed by atoms with E-state index in [1.165, 1.54) is 28.4 Å². The molecule has 6 heterocycles. The Kier molecular flexibility index (Phi) is 48.9. The number of aliphatic hydroxyl groups is 4. The van der Waals surface area contributed by atoms with Gasteiger partial charge in [-0.2, -0.15) is 0 Å². The van der Waals surface area contributed by atoms with Gasteiger partial charge in [-0.1, -0.05) is 174 Å². The highest BCUT2D eigenvalue weighted by molar-refractivity contribution is 6.39. The molecule has 33 heteroatoms. The molecule has 3 amide bonds. The summed E-state index contributed by atoms with van der Waals surface area (Å²) in [6, 6.07) is 4.80. The number of alkyl carbamates (subject to hydrolysis) is 1. The number of amides is 3. The largest absolute Gasteiger partial charge is 0.460 e. The molecule has 5 N–H and O–H groups in total. The molecule has 6 fully saturated rings. The summed E-state index contributed by atoms with van der Waals surface area (Å²) in [5.41, 5.74) is 2.31. The lowest BCUT2D eigenvalue weighted by atomic mass is 9.78. The predicted molar refractivity (Wildman–Crippen MR) is 551 cm³/mol. The number of hydrogen-bond donors (Lipinski definition) is 5. The lowest BCUT2D eigenvalue weighted by Crippen LogP contribution is -2.61. The van der Waals surface area contributed by atoms with Crippen LogP contribution < -0.4 is 5.32 Å². The Labute approximate surface area is 876 Å². The van der Waals surface area contributed by atoms with Crippen LogP contribution in [0, 0.1) is 82.9 Å². The first-order valence-electron chi connectivity index (χ1n) is 54.3. The number of esters is 4. The molecule has 4 saturated heterocycles. The van der Waals surface area contributed by atoms with E-state index in [-0.39, 0.29) is 137 Å². The Morgan fingerprint density at radius 1 is 0.466 bits per heavy atom. The van der Waals surface area contributed by atoms with E-state index in [1.54, 1.807) is 99.9 Å². The number of ether oxygens (including phenoxy) is 13. The van der Waals surface area contributed by atoms with Crippen molar-refractivity contribution in [1.29, 1.82) is 0 Å². The summed E-state index contributed by atoms with van der Waals surface area (Å²) in [6.07, 6.45) is 11.8. The standard InChI is InChI=1S/C115H173N3O30/c1-67-34-24-21-26-36-69(3)93(136-15)62-84-46-42-79(13)114(134,147-84)106(126)108(128)117-52-32-30-40-87(117)111(131)145-95(64-89(119)71(5)56-77(11)102(124)104(140-19)100(122)75(9)54-67)73(7)58-82-44-49-91(97(60-82)138-17)143-99(121)51-48-86(116-113(133)142-66-81-38-28-23-29-39-81)110(130)144-92-50-45-83(61-98(92)139-18)59-74(8)96-65-90(120)72(6)57-78(12)103(125)105(141-20)101(123)76(10)55-68(2)35-25-22-27-37-70(4)94(137-16)63-85-47-43-80(14)115(135,148-85)107(127)109(129)118-53-33-31-41-88(118)112(132)146-96/h21-29,34-39,67-68,71-80,82-88,91-98,102-105,124-125,134-135H,30-33,40-66H2,1-20H3,(H,116,133)/b26-21-,27-22+,34-24-,35-25-,69-36-,70-37+/t67-,68-,71-,72-,73-,74-,75-,76-,77?,78?,79-,80-,82+,83+,84+,85+,86?,87+,88+,91-,92-,93+,94+,95+,96+,97-,98-,102-,103-,104+,105+,114-,115-/m1/s1. The van der Waals surface area contributed by atoms with E-state index in [9.17, 15) is 73.2 Å². The first kappa shape index (κ1) is 123. The first-order valence-corrected chi connectivity index (χ1v) is 54.3. The molecule has 3 unspecified atom stereocenters. The number of nitrogens with zero attached hydrogens (tertiary/aromatic N) is 2. The fraction of sp³-hybridized carbons (Fsp3) is 0.730. The van der Waals surface area contributed by atoms with Gasteiger partial charge in [0.2, 0.25) is 11.6 Å². The Morgan fingerprint density at radius 2 is 0.885 bits per heavy atom. The third-order valence-electron chi connectivity index (χ3n) is 32.7. The van der Waals surface area contributed by atoms with Gasteiger partial charge in [0.1, 0.15) is 72.9 Å². The second kappa shape index (κ2) is 58.9. The van der Waals surface area contributed by atoms with Gasteiger partial charge in [-0.25, -0.2) is 19.2 Å². The third kappa shape index (κ3) is 34.1. The molecule has 4 bridgehead atoms. The first-order chi connectivity index (χ1) is 70.3. The molecule has 828 valence electrons. The van der Waals surface area contributed by atoms with E-state index in [1.807, 2.05) is 102 Å². The minimum absolute atomic E-state index is 0.0150. The Balaban J connectivity index is 0.892. The highest BCUT2D eigenvalue weighted by Crippen LogP contribution is 2.43. The zero-order valence-electron chi connectivity index (χ0n) is 91.3. The van der Waals surface area contributed by atoms with Crippen molar-refractivity contribution in [2.45, 2.75) is 398 Å². The Morgan fingerprint density at radius 3 is 1.29 bits per heavy atom. The van der Waals surface area contributed by atoms with Gasteiger partial charge in [0.25, 0.3) is 23.4 Å². The van der Waals surface area contributed by atoms with E-state index < -0.39 is 234 Å². The molecule has 2 aliphatic carbocycles. The molecule has 8 aliphatic rings. The van der Waals surface area contributed by atoms with Gasteiger partial charge >= 0.3 is 30.0 Å². The average molecular weight is 2080 g/mol. The molecule has 1 aromatic carbocycles. The maximum Gasteiger partial charge on any atom is 0.408 e. The number of cyclic esters (lactones) is 2. The van der Waals surface area contributed by atoms with Crippen molar-refractivity contribution >= 4 is 76.5 Å². The second-order valence-corrected chi connectivity index (χ2v) is 44.3. The molecule has 0 spiro atoms. The van der Waals surface area contributed by atoms with Gasteiger partial charge in [0.15, 0.2) is 11.6 Å². The fourth-order valence-electron chi connectivity index (χ4n) is 23.0. The minimum Gasteiger partial charge on any atom is -0.460 e. The number of piperidine rings is 2. The lowest BCUT2D eigenvalue weighted by molar-refractivity contribution is -0.265. The number of ketones is 6. The van der Waals surface area contributed by atoms with E-state index in [4.69, 9.17) is 61.6 Å². The second-order valence-electron chi connectivity index (χ2n) is 44.3. The highest BCUT2D eigenvalue weighted by Gasteiger charge is 2.56. The number of hydrogen-bond acceptors (Lipinski definition) is 30. The number of Topliss-reactive ketones (excluding diaryl/α,β-unsaturated/α-hetero) is 6. The number of rotatable bonds is 21. The number of aliphatic hydroxyl groups excluding tert-OH is 2. The molecule has 33 atom stereocenters. The van der Waals surface area contributed by atoms with Crippen molar-refractivity contribution in [3.8, 4) is 0 Å². The lowest BCUT2D eigenvalue weighted by Gasteiger charge is -2.42. The quantitative estimate of drug-likeness (QED) is 0.0433. The molecule has 1 aromatic rings. The van der Waals surface area contributed by atoms with Crippen LogP contribution in [0.1, 0.15) is 282 Å². The molecule has 148 heavy (non-hydrogen) atoms. The van der Waals surface area contributed by atoms with Gasteiger partial charge in [0.05, 0.1) is 48.8 Å². The van der Waals surface area contributed by atoms with Gasteiger partial charge in [0, 0.05) is 123 Å². The van der Waals surface area contributed by atoms with Gasteiger partial charge in [-0.3, -0.25) is 43.2 Å². The summed E-state index contributed by atoms with van der Waals surface area (Å²) in [4.78, 5) is 192. The highest BCUT2D eigenvalue weighted by atomic mass is 16.7. The molecular formula is C115H173N3O30. The normalized spacial score (nSPS) is 37.5. The number of carbonyl (C=O) groups excluding carboxylic acids is 13. The Hall–Kier alpha value is -8.71. The van der Waals surface area contributed by atoms with Crippen molar-refractivity contribution in [3.05, 3.63) is 108 Å². The molecule has 2 saturated carbocycles. The Bertz CT molecular complexity index is 4740. The van der Waals surface area contributed by atoms with Crippen molar-refractivity contribution in [2.24, 2.45) is 82.9 Å². The van der Waals surface area contributed by atoms with Crippen molar-refractivity contribution in [3.63, 3.8) is 0 Å². The fourth-order valence-corrected chi connectivity index (χ4v) is 23.0. The number of carbonyl (C=O) groups is 13. The number of benzene rings is 1. The van der Waals surface area contributed by atoms with Crippen LogP contribution in [-0.2, 0) is 126 Å². The predicted octanol–water partition coefficient (Wildman–Crippen LogP) is 14.7. The summed E-state index contributed by atoms with van der Waals surface area (Å²) in [5, 5.41) is 51.0. The van der Waals surface area contributed by atoms with Gasteiger partial charge in [-0.05, 0) is 226 Å². The van der Waals surface area contributed by atoms with Gasteiger partial charge < -0.3 is 97.1 Å². The maximum atomic E-state index is 15.1. The zero-order chi connectivity index (χ0) is 109. The number of nitrogens with one attached hydrogen (secondary N) is 1. The van der Waals surface area contributed by atoms with Crippen LogP contribution in [0.2, 0.25) is 0 Å². The summed E-state index contributed by atoms with van der Waals surface area (Å²) in [7, 11) is 8.79. The van der Waals surface area contributed by atoms with Crippen molar-refractivity contribution in [1.82, 2.24) is 15.1 Å². The number of allylic oxidation sites excluding steroid dienone is 10. The van der Waals surface area contributed by atoms with Crippen LogP contribution in [0.4, 0.5) is 4.79 Å². The summed E-state index contributed by atoms with van der Waals surface area (Å²) in [5.74, 6) is -21.3. The molecule has 0 radical (unpaired) electrons. The van der Waals surface area contributed by atoms with E-state index in [0.717, 1.165) is 20.9 Å². The molecule has 6 aliphatic heterocycles. The zero-order valence-corrected chi connectivity index (χ0v) is 91.3. The molecular weight excluding hydrogens is 1900 g/mol. The van der Waals surface area contributed by atoms with Crippen LogP contribution in [0.25, 0.3) is 0 Å². The average Bonchev–Trinajstić information content (AvgIpc) is 0.772. The summed E-state index contributed by atoms with van der Waals surface area (Å²) in [6.45, 7) is 25.0. The van der Waals surface area contributed by atoms with Crippen molar-refractivity contribution in [2.75, 3.05) is 55.7 Å². The topological polar surface area (TPSA) is 441 Å².